The lowest BCUT2D eigenvalue weighted by Gasteiger charge is -1.95. The first-order valence-corrected chi connectivity index (χ1v) is 4.11. The number of rotatable bonds is 1. The van der Waals surface area contributed by atoms with Crippen molar-refractivity contribution in [3.05, 3.63) is 29.6 Å². The molecule has 0 saturated heterocycles. The van der Waals surface area contributed by atoms with E-state index in [4.69, 9.17) is 15.0 Å². The zero-order valence-corrected chi connectivity index (χ0v) is 8.52. The summed E-state index contributed by atoms with van der Waals surface area (Å²) in [5, 5.41) is 15.7. The van der Waals surface area contributed by atoms with Crippen molar-refractivity contribution in [3.63, 3.8) is 0 Å². The molecule has 0 aliphatic rings. The molecule has 0 aliphatic heterocycles. The maximum Gasteiger partial charge on any atom is 0.490 e. The molecular formula is C9H8F3NO4. The fourth-order valence-corrected chi connectivity index (χ4v) is 0.710. The highest BCUT2D eigenvalue weighted by atomic mass is 19.4. The average molecular weight is 251 g/mol. The first-order valence-electron chi connectivity index (χ1n) is 4.11. The lowest BCUT2D eigenvalue weighted by Crippen LogP contribution is -2.21. The van der Waals surface area contributed by atoms with Crippen LogP contribution in [0.2, 0.25) is 0 Å². The third kappa shape index (κ3) is 5.50. The molecule has 8 heteroatoms. The summed E-state index contributed by atoms with van der Waals surface area (Å²) in [5.74, 6) is -3.68. The quantitative estimate of drug-likeness (QED) is 0.793. The topological polar surface area (TPSA) is 87.5 Å². The third-order valence-electron chi connectivity index (χ3n) is 1.48. The summed E-state index contributed by atoms with van der Waals surface area (Å²) in [6, 6.07) is 3.14. The van der Waals surface area contributed by atoms with E-state index in [0.29, 0.717) is 5.69 Å². The van der Waals surface area contributed by atoms with Crippen LogP contribution in [0.4, 0.5) is 13.2 Å². The number of halogens is 3. The summed E-state index contributed by atoms with van der Waals surface area (Å²) in [4.78, 5) is 23.1. The average Bonchev–Trinajstić information content (AvgIpc) is 2.17. The van der Waals surface area contributed by atoms with Gasteiger partial charge in [-0.1, -0.05) is 0 Å². The number of aryl methyl sites for hydroxylation is 1. The van der Waals surface area contributed by atoms with Gasteiger partial charge in [-0.05, 0) is 19.1 Å². The molecule has 0 amide bonds. The summed E-state index contributed by atoms with van der Waals surface area (Å²) >= 11 is 0. The standard InChI is InChI=1S/C7H7NO2.C2HF3O2/c1-5-6(7(9)10)3-2-4-8-5;3-2(4,5)1(6)7/h2-4H,1H3,(H,9,10);(H,6,7). The second-order valence-corrected chi connectivity index (χ2v) is 2.74. The van der Waals surface area contributed by atoms with Crippen molar-refractivity contribution in [1.82, 2.24) is 4.98 Å². The van der Waals surface area contributed by atoms with Gasteiger partial charge < -0.3 is 10.2 Å². The van der Waals surface area contributed by atoms with Gasteiger partial charge in [0.1, 0.15) is 0 Å². The number of alkyl halides is 3. The summed E-state index contributed by atoms with van der Waals surface area (Å²) in [7, 11) is 0. The van der Waals surface area contributed by atoms with Crippen LogP contribution in [0.15, 0.2) is 18.3 Å². The van der Waals surface area contributed by atoms with E-state index in [0.717, 1.165) is 0 Å². The smallest absolute Gasteiger partial charge is 0.478 e. The van der Waals surface area contributed by atoms with Gasteiger partial charge in [-0.15, -0.1) is 0 Å². The molecule has 0 aromatic carbocycles. The Morgan fingerprint density at radius 3 is 2.00 bits per heavy atom. The Morgan fingerprint density at radius 1 is 1.29 bits per heavy atom. The number of hydrogen-bond donors (Lipinski definition) is 2. The summed E-state index contributed by atoms with van der Waals surface area (Å²) in [6.07, 6.45) is -3.51. The van der Waals surface area contributed by atoms with Crippen LogP contribution in [0.5, 0.6) is 0 Å². The lowest BCUT2D eigenvalue weighted by molar-refractivity contribution is -0.192. The molecule has 0 atom stereocenters. The van der Waals surface area contributed by atoms with Crippen molar-refractivity contribution in [3.8, 4) is 0 Å². The number of aliphatic carboxylic acids is 1. The van der Waals surface area contributed by atoms with Crippen LogP contribution >= 0.6 is 0 Å². The van der Waals surface area contributed by atoms with Crippen molar-refractivity contribution in [1.29, 1.82) is 0 Å². The molecule has 2 N–H and O–H groups in total. The number of carbonyl (C=O) groups is 2. The molecule has 0 radical (unpaired) electrons. The minimum atomic E-state index is -5.08. The van der Waals surface area contributed by atoms with Crippen LogP contribution in [-0.2, 0) is 4.79 Å². The second kappa shape index (κ2) is 5.83. The second-order valence-electron chi connectivity index (χ2n) is 2.74. The van der Waals surface area contributed by atoms with Gasteiger partial charge in [0.25, 0.3) is 0 Å². The maximum atomic E-state index is 10.6. The largest absolute Gasteiger partial charge is 0.490 e. The van der Waals surface area contributed by atoms with Gasteiger partial charge in [0.2, 0.25) is 0 Å². The molecule has 1 aromatic heterocycles. The highest BCUT2D eigenvalue weighted by molar-refractivity contribution is 5.88. The van der Waals surface area contributed by atoms with E-state index < -0.39 is 18.1 Å². The van der Waals surface area contributed by atoms with Crippen molar-refractivity contribution < 1.29 is 33.0 Å². The molecule has 1 heterocycles. The lowest BCUT2D eigenvalue weighted by atomic mass is 10.2. The molecule has 5 nitrogen and oxygen atoms in total. The Kier molecular flexibility index (Phi) is 5.10. The van der Waals surface area contributed by atoms with Gasteiger partial charge >= 0.3 is 18.1 Å². The van der Waals surface area contributed by atoms with Crippen LogP contribution in [0, 0.1) is 6.92 Å². The molecular weight excluding hydrogens is 243 g/mol. The van der Waals surface area contributed by atoms with Crippen molar-refractivity contribution in [2.24, 2.45) is 0 Å². The van der Waals surface area contributed by atoms with Crippen LogP contribution < -0.4 is 0 Å². The van der Waals surface area contributed by atoms with E-state index in [1.807, 2.05) is 0 Å². The molecule has 0 saturated carbocycles. The summed E-state index contributed by atoms with van der Waals surface area (Å²) < 4.78 is 31.7. The monoisotopic (exact) mass is 251 g/mol. The molecule has 0 aliphatic carbocycles. The van der Waals surface area contributed by atoms with Crippen LogP contribution in [0.25, 0.3) is 0 Å². The summed E-state index contributed by atoms with van der Waals surface area (Å²) in [5.41, 5.74) is 0.817. The molecule has 17 heavy (non-hydrogen) atoms. The number of hydrogen-bond acceptors (Lipinski definition) is 3. The Bertz CT molecular complexity index is 417. The number of pyridine rings is 1. The Labute approximate surface area is 93.5 Å². The zero-order valence-electron chi connectivity index (χ0n) is 8.52. The molecule has 0 unspecified atom stereocenters. The highest BCUT2D eigenvalue weighted by Crippen LogP contribution is 2.13. The minimum Gasteiger partial charge on any atom is -0.478 e. The predicted molar refractivity (Wildman–Crippen MR) is 49.6 cm³/mol. The molecule has 0 bridgehead atoms. The number of carboxylic acid groups (broad SMARTS) is 2. The number of aromatic nitrogens is 1. The molecule has 1 aromatic rings. The van der Waals surface area contributed by atoms with Crippen molar-refractivity contribution in [2.75, 3.05) is 0 Å². The Hall–Kier alpha value is -2.12. The first kappa shape index (κ1) is 14.9. The van der Waals surface area contributed by atoms with E-state index in [1.165, 1.54) is 6.07 Å². The first-order chi connectivity index (χ1) is 7.66. The van der Waals surface area contributed by atoms with E-state index in [1.54, 1.807) is 19.2 Å². The zero-order chi connectivity index (χ0) is 13.6. The number of aromatic carboxylic acids is 1. The van der Waals surface area contributed by atoms with Gasteiger partial charge in [-0.25, -0.2) is 9.59 Å². The summed E-state index contributed by atoms with van der Waals surface area (Å²) in [6.45, 7) is 1.67. The van der Waals surface area contributed by atoms with E-state index in [9.17, 15) is 18.0 Å². The van der Waals surface area contributed by atoms with Crippen LogP contribution in [0.1, 0.15) is 16.1 Å². The normalized spacial score (nSPS) is 10.1. The molecule has 1 rings (SSSR count). The van der Waals surface area contributed by atoms with Gasteiger partial charge in [-0.3, -0.25) is 4.98 Å². The van der Waals surface area contributed by atoms with E-state index >= 15 is 0 Å². The van der Waals surface area contributed by atoms with E-state index in [2.05, 4.69) is 4.98 Å². The molecule has 0 fully saturated rings. The van der Waals surface area contributed by atoms with Crippen LogP contribution in [-0.4, -0.2) is 33.3 Å². The fourth-order valence-electron chi connectivity index (χ4n) is 0.710. The van der Waals surface area contributed by atoms with E-state index in [-0.39, 0.29) is 5.56 Å². The number of nitrogens with zero attached hydrogens (tertiary/aromatic N) is 1. The van der Waals surface area contributed by atoms with Gasteiger partial charge in [0.15, 0.2) is 0 Å². The van der Waals surface area contributed by atoms with Gasteiger partial charge in [0, 0.05) is 6.20 Å². The van der Waals surface area contributed by atoms with Crippen molar-refractivity contribution >= 4 is 11.9 Å². The Morgan fingerprint density at radius 2 is 1.76 bits per heavy atom. The SMILES string of the molecule is Cc1ncccc1C(=O)O.O=C(O)C(F)(F)F. The van der Waals surface area contributed by atoms with Crippen LogP contribution in [0.3, 0.4) is 0 Å². The fraction of sp³-hybridized carbons (Fsp3) is 0.222. The Balaban J connectivity index is 0.000000325. The molecule has 0 spiro atoms. The minimum absolute atomic E-state index is 0.266. The number of carboxylic acids is 2. The molecule has 94 valence electrons. The maximum absolute atomic E-state index is 10.6. The highest BCUT2D eigenvalue weighted by Gasteiger charge is 2.38. The van der Waals surface area contributed by atoms with Gasteiger partial charge in [-0.2, -0.15) is 13.2 Å². The third-order valence-corrected chi connectivity index (χ3v) is 1.48. The van der Waals surface area contributed by atoms with Crippen molar-refractivity contribution in [2.45, 2.75) is 13.1 Å². The predicted octanol–water partition coefficient (Wildman–Crippen LogP) is 1.72. The van der Waals surface area contributed by atoms with Gasteiger partial charge in [0.05, 0.1) is 11.3 Å².